The maximum absolute atomic E-state index is 13.4. The fourth-order valence-corrected chi connectivity index (χ4v) is 3.22. The van der Waals surface area contributed by atoms with E-state index in [-0.39, 0.29) is 11.6 Å². The maximum Gasteiger partial charge on any atom is 0.212 e. The molecule has 0 N–H and O–H groups in total. The van der Waals surface area contributed by atoms with Crippen LogP contribution in [0.5, 0.6) is 0 Å². The summed E-state index contributed by atoms with van der Waals surface area (Å²) in [6.07, 6.45) is 1.84. The molecule has 0 aliphatic heterocycles. The average Bonchev–Trinajstić information content (AvgIpc) is 3.07. The molecule has 2 aromatic carbocycles. The van der Waals surface area contributed by atoms with E-state index in [9.17, 15) is 9.59 Å². The number of carbonyl (C=O) groups is 2. The summed E-state index contributed by atoms with van der Waals surface area (Å²) >= 11 is 0. The molecule has 0 aliphatic carbocycles. The second-order valence-corrected chi connectivity index (χ2v) is 6.57. The van der Waals surface area contributed by atoms with Crippen molar-refractivity contribution in [2.75, 3.05) is 0 Å². The van der Waals surface area contributed by atoms with Crippen LogP contribution in [0, 0.1) is 6.92 Å². The van der Waals surface area contributed by atoms with Gasteiger partial charge in [0.15, 0.2) is 5.78 Å². The second-order valence-electron chi connectivity index (χ2n) is 6.57. The predicted octanol–water partition coefficient (Wildman–Crippen LogP) is 4.74. The van der Waals surface area contributed by atoms with E-state index in [4.69, 9.17) is 0 Å². The first-order valence-corrected chi connectivity index (χ1v) is 8.74. The van der Waals surface area contributed by atoms with Crippen molar-refractivity contribution in [1.29, 1.82) is 0 Å². The van der Waals surface area contributed by atoms with Gasteiger partial charge in [-0.15, -0.1) is 0 Å². The van der Waals surface area contributed by atoms with Crippen LogP contribution in [-0.2, 0) is 0 Å². The van der Waals surface area contributed by atoms with Gasteiger partial charge in [0, 0.05) is 22.9 Å². The topological polar surface area (TPSA) is 51.4 Å². The molecular formula is C23H18N2O2. The Labute approximate surface area is 157 Å². The van der Waals surface area contributed by atoms with Crippen molar-refractivity contribution in [3.05, 3.63) is 95.3 Å². The number of hydrogen-bond acceptors (Lipinski definition) is 3. The molecule has 0 spiro atoms. The summed E-state index contributed by atoms with van der Waals surface area (Å²) in [5.41, 5.74) is 4.75. The highest BCUT2D eigenvalue weighted by molar-refractivity contribution is 6.12. The van der Waals surface area contributed by atoms with Crippen LogP contribution in [-0.4, -0.2) is 21.0 Å². The monoisotopic (exact) mass is 354 g/mol. The number of hydrogen-bond donors (Lipinski definition) is 0. The number of aromatic nitrogens is 2. The molecule has 0 amide bonds. The minimum Gasteiger partial charge on any atom is -0.296 e. The summed E-state index contributed by atoms with van der Waals surface area (Å²) in [6.45, 7) is 3.49. The van der Waals surface area contributed by atoms with Gasteiger partial charge in [0.25, 0.3) is 0 Å². The Balaban J connectivity index is 1.97. The van der Waals surface area contributed by atoms with E-state index in [1.165, 1.54) is 6.92 Å². The molecule has 132 valence electrons. The largest absolute Gasteiger partial charge is 0.296 e. The highest BCUT2D eigenvalue weighted by atomic mass is 16.1. The van der Waals surface area contributed by atoms with Gasteiger partial charge < -0.3 is 0 Å². The molecule has 0 radical (unpaired) electrons. The van der Waals surface area contributed by atoms with Crippen LogP contribution in [0.1, 0.15) is 38.9 Å². The lowest BCUT2D eigenvalue weighted by Crippen LogP contribution is -2.07. The van der Waals surface area contributed by atoms with Crippen molar-refractivity contribution in [2.45, 2.75) is 13.8 Å². The van der Waals surface area contributed by atoms with E-state index < -0.39 is 0 Å². The lowest BCUT2D eigenvalue weighted by molar-refractivity contribution is 0.101. The molecule has 0 saturated heterocycles. The lowest BCUT2D eigenvalue weighted by atomic mass is 10.00. The minimum atomic E-state index is -0.0966. The quantitative estimate of drug-likeness (QED) is 0.497. The number of carbonyl (C=O) groups excluding carboxylic acids is 2. The third-order valence-electron chi connectivity index (χ3n) is 4.57. The normalized spacial score (nSPS) is 10.9. The van der Waals surface area contributed by atoms with Crippen LogP contribution in [0.15, 0.2) is 72.9 Å². The standard InChI is InChI=1S/C23H18N2O2/c1-15-7-5-10-19(13-15)23(27)22-21(24-20-11-3-4-12-25(20)22)18-9-6-8-17(14-18)16(2)26/h3-14H,1-2H3. The van der Waals surface area contributed by atoms with Crippen molar-refractivity contribution in [3.8, 4) is 11.3 Å². The predicted molar refractivity (Wildman–Crippen MR) is 105 cm³/mol. The summed E-state index contributed by atoms with van der Waals surface area (Å²) in [5.74, 6) is -0.118. The lowest BCUT2D eigenvalue weighted by Gasteiger charge is -2.07. The molecule has 2 aromatic heterocycles. The van der Waals surface area contributed by atoms with Crippen LogP contribution < -0.4 is 0 Å². The Kier molecular flexibility index (Phi) is 4.16. The third kappa shape index (κ3) is 3.06. The average molecular weight is 354 g/mol. The van der Waals surface area contributed by atoms with Gasteiger partial charge in [-0.25, -0.2) is 4.98 Å². The first-order chi connectivity index (χ1) is 13.0. The Morgan fingerprint density at radius 1 is 0.889 bits per heavy atom. The van der Waals surface area contributed by atoms with E-state index in [0.717, 1.165) is 11.1 Å². The molecule has 2 heterocycles. The summed E-state index contributed by atoms with van der Waals surface area (Å²) in [5, 5.41) is 0. The Hall–Kier alpha value is -3.53. The molecule has 4 nitrogen and oxygen atoms in total. The Morgan fingerprint density at radius 2 is 1.67 bits per heavy atom. The first kappa shape index (κ1) is 16.9. The van der Waals surface area contributed by atoms with Crippen molar-refractivity contribution >= 4 is 17.2 Å². The van der Waals surface area contributed by atoms with E-state index in [0.29, 0.717) is 28.2 Å². The summed E-state index contributed by atoms with van der Waals surface area (Å²) in [7, 11) is 0. The molecule has 27 heavy (non-hydrogen) atoms. The molecule has 0 aliphatic rings. The zero-order valence-electron chi connectivity index (χ0n) is 15.1. The molecule has 0 fully saturated rings. The summed E-state index contributed by atoms with van der Waals surface area (Å²) < 4.78 is 1.81. The van der Waals surface area contributed by atoms with Crippen LogP contribution in [0.3, 0.4) is 0 Å². The van der Waals surface area contributed by atoms with Gasteiger partial charge in [0.2, 0.25) is 5.78 Å². The van der Waals surface area contributed by atoms with Crippen molar-refractivity contribution in [2.24, 2.45) is 0 Å². The van der Waals surface area contributed by atoms with E-state index in [1.54, 1.807) is 16.5 Å². The van der Waals surface area contributed by atoms with Crippen LogP contribution >= 0.6 is 0 Å². The van der Waals surface area contributed by atoms with Crippen molar-refractivity contribution in [3.63, 3.8) is 0 Å². The highest BCUT2D eigenvalue weighted by Gasteiger charge is 2.22. The van der Waals surface area contributed by atoms with Gasteiger partial charge >= 0.3 is 0 Å². The van der Waals surface area contributed by atoms with Crippen LogP contribution in [0.2, 0.25) is 0 Å². The summed E-state index contributed by atoms with van der Waals surface area (Å²) in [6, 6.07) is 20.4. The van der Waals surface area contributed by atoms with Crippen LogP contribution in [0.25, 0.3) is 16.9 Å². The fraction of sp³-hybridized carbons (Fsp3) is 0.0870. The number of pyridine rings is 1. The molecule has 0 atom stereocenters. The van der Waals surface area contributed by atoms with Crippen molar-refractivity contribution < 1.29 is 9.59 Å². The summed E-state index contributed by atoms with van der Waals surface area (Å²) in [4.78, 5) is 29.8. The molecule has 4 aromatic rings. The smallest absolute Gasteiger partial charge is 0.212 e. The molecule has 4 heteroatoms. The van der Waals surface area contributed by atoms with E-state index >= 15 is 0 Å². The first-order valence-electron chi connectivity index (χ1n) is 8.74. The molecule has 0 bridgehead atoms. The number of rotatable bonds is 4. The van der Waals surface area contributed by atoms with Gasteiger partial charge in [0.1, 0.15) is 17.0 Å². The van der Waals surface area contributed by atoms with Crippen LogP contribution in [0.4, 0.5) is 0 Å². The maximum atomic E-state index is 13.4. The van der Waals surface area contributed by atoms with Crippen molar-refractivity contribution in [1.82, 2.24) is 9.38 Å². The highest BCUT2D eigenvalue weighted by Crippen LogP contribution is 2.27. The van der Waals surface area contributed by atoms with E-state index in [2.05, 4.69) is 4.98 Å². The second kappa shape index (κ2) is 6.65. The zero-order chi connectivity index (χ0) is 19.0. The number of benzene rings is 2. The van der Waals surface area contributed by atoms with Gasteiger partial charge in [-0.05, 0) is 38.1 Å². The number of imidazole rings is 1. The molecule has 0 unspecified atom stereocenters. The number of Topliss-reactive ketones (excluding diaryl/α,β-unsaturated/α-hetero) is 1. The zero-order valence-corrected chi connectivity index (χ0v) is 15.1. The number of nitrogens with zero attached hydrogens (tertiary/aromatic N) is 2. The van der Waals surface area contributed by atoms with E-state index in [1.807, 2.05) is 67.7 Å². The van der Waals surface area contributed by atoms with Gasteiger partial charge in [0.05, 0.1) is 0 Å². The minimum absolute atomic E-state index is 0.0211. The Morgan fingerprint density at radius 3 is 2.44 bits per heavy atom. The molecule has 0 saturated carbocycles. The number of aryl methyl sites for hydroxylation is 1. The fourth-order valence-electron chi connectivity index (χ4n) is 3.22. The third-order valence-corrected chi connectivity index (χ3v) is 4.57. The number of ketones is 2. The molecular weight excluding hydrogens is 336 g/mol. The van der Waals surface area contributed by atoms with Gasteiger partial charge in [-0.3, -0.25) is 14.0 Å². The van der Waals surface area contributed by atoms with Gasteiger partial charge in [-0.2, -0.15) is 0 Å². The SMILES string of the molecule is CC(=O)c1cccc(-c2nc3ccccn3c2C(=O)c2cccc(C)c2)c1. The Bertz CT molecular complexity index is 1190. The molecule has 4 rings (SSSR count). The van der Waals surface area contributed by atoms with Gasteiger partial charge in [-0.1, -0.05) is 48.0 Å². The number of fused-ring (bicyclic) bond motifs is 1.